The number of hydrogen-bond acceptors (Lipinski definition) is 6. The Kier molecular flexibility index (Phi) is 5.65. The lowest BCUT2D eigenvalue weighted by molar-refractivity contribution is 0.0531. The Morgan fingerprint density at radius 3 is 2.50 bits per heavy atom. The van der Waals surface area contributed by atoms with Gasteiger partial charge in [-0.1, -0.05) is 30.3 Å². The predicted octanol–water partition coefficient (Wildman–Crippen LogP) is 6.07. The number of para-hydroxylation sites is 1. The van der Waals surface area contributed by atoms with E-state index in [2.05, 4.69) is 5.32 Å². The van der Waals surface area contributed by atoms with E-state index in [0.29, 0.717) is 15.4 Å². The molecule has 0 aliphatic carbocycles. The average molecular weight is 437 g/mol. The third-order valence-corrected chi connectivity index (χ3v) is 6.97. The number of nitrogens with one attached hydrogen (secondary N) is 1. The van der Waals surface area contributed by atoms with Gasteiger partial charge in [0.25, 0.3) is 5.91 Å². The number of esters is 1. The number of carbonyl (C=O) groups is 2. The summed E-state index contributed by atoms with van der Waals surface area (Å²) >= 11 is 2.76. The SMILES string of the molecule is CCOC(=O)c1sc(NC(=O)c2ccccc2C)c(-c2nc3ccccc3s2)c1C. The molecule has 0 spiro atoms. The number of anilines is 1. The second kappa shape index (κ2) is 8.38. The topological polar surface area (TPSA) is 68.3 Å². The quantitative estimate of drug-likeness (QED) is 0.386. The predicted molar refractivity (Wildman–Crippen MR) is 123 cm³/mol. The normalized spacial score (nSPS) is 10.9. The van der Waals surface area contributed by atoms with Crippen LogP contribution >= 0.6 is 22.7 Å². The zero-order valence-electron chi connectivity index (χ0n) is 16.8. The summed E-state index contributed by atoms with van der Waals surface area (Å²) in [5.74, 6) is -0.606. The minimum atomic E-state index is -0.390. The van der Waals surface area contributed by atoms with E-state index < -0.39 is 5.97 Å². The molecule has 4 rings (SSSR count). The van der Waals surface area contributed by atoms with Crippen molar-refractivity contribution < 1.29 is 14.3 Å². The number of aromatic nitrogens is 1. The molecule has 2 aromatic carbocycles. The number of fused-ring (bicyclic) bond motifs is 1. The Labute approximate surface area is 182 Å². The Hall–Kier alpha value is -3.03. The molecular formula is C23H20N2O3S2. The van der Waals surface area contributed by atoms with Crippen LogP contribution in [0.1, 0.15) is 38.1 Å². The summed E-state index contributed by atoms with van der Waals surface area (Å²) in [6, 6.07) is 15.3. The number of thiophene rings is 1. The van der Waals surface area contributed by atoms with Crippen molar-refractivity contribution in [3.63, 3.8) is 0 Å². The van der Waals surface area contributed by atoms with Gasteiger partial charge in [0.1, 0.15) is 14.9 Å². The van der Waals surface area contributed by atoms with Crippen LogP contribution in [0.15, 0.2) is 48.5 Å². The minimum Gasteiger partial charge on any atom is -0.462 e. The van der Waals surface area contributed by atoms with Gasteiger partial charge in [0.05, 0.1) is 16.8 Å². The van der Waals surface area contributed by atoms with Gasteiger partial charge >= 0.3 is 5.97 Å². The molecule has 1 N–H and O–H groups in total. The van der Waals surface area contributed by atoms with Crippen molar-refractivity contribution in [3.05, 3.63) is 70.1 Å². The fourth-order valence-corrected chi connectivity index (χ4v) is 5.46. The van der Waals surface area contributed by atoms with Crippen molar-refractivity contribution in [1.82, 2.24) is 4.98 Å². The van der Waals surface area contributed by atoms with Crippen LogP contribution in [0.3, 0.4) is 0 Å². The number of aryl methyl sites for hydroxylation is 1. The van der Waals surface area contributed by atoms with Crippen LogP contribution in [-0.2, 0) is 4.74 Å². The molecule has 7 heteroatoms. The van der Waals surface area contributed by atoms with Gasteiger partial charge < -0.3 is 10.1 Å². The first-order valence-electron chi connectivity index (χ1n) is 9.53. The number of carbonyl (C=O) groups excluding carboxylic acids is 2. The van der Waals surface area contributed by atoms with Gasteiger partial charge in [-0.05, 0) is 50.1 Å². The standard InChI is InChI=1S/C23H20N2O3S2/c1-4-28-23(27)19-14(3)18(21-24-16-11-7-8-12-17(16)29-21)22(30-19)25-20(26)15-10-6-5-9-13(15)2/h5-12H,4H2,1-3H3,(H,25,26). The number of benzene rings is 2. The van der Waals surface area contributed by atoms with Crippen molar-refractivity contribution in [2.24, 2.45) is 0 Å². The molecule has 0 unspecified atom stereocenters. The highest BCUT2D eigenvalue weighted by Crippen LogP contribution is 2.43. The van der Waals surface area contributed by atoms with Crippen LogP contribution in [0.5, 0.6) is 0 Å². The van der Waals surface area contributed by atoms with Gasteiger partial charge in [0.2, 0.25) is 0 Å². The van der Waals surface area contributed by atoms with Gasteiger partial charge in [-0.15, -0.1) is 22.7 Å². The van der Waals surface area contributed by atoms with E-state index in [1.165, 1.54) is 22.7 Å². The molecule has 0 atom stereocenters. The summed E-state index contributed by atoms with van der Waals surface area (Å²) in [4.78, 5) is 30.7. The van der Waals surface area contributed by atoms with Crippen molar-refractivity contribution in [2.75, 3.05) is 11.9 Å². The van der Waals surface area contributed by atoms with Crippen LogP contribution in [-0.4, -0.2) is 23.5 Å². The zero-order chi connectivity index (χ0) is 21.3. The first-order valence-corrected chi connectivity index (χ1v) is 11.2. The van der Waals surface area contributed by atoms with Crippen LogP contribution in [0, 0.1) is 13.8 Å². The molecular weight excluding hydrogens is 416 g/mol. The smallest absolute Gasteiger partial charge is 0.348 e. The van der Waals surface area contributed by atoms with E-state index in [4.69, 9.17) is 9.72 Å². The third kappa shape index (κ3) is 3.74. The Morgan fingerprint density at radius 1 is 1.03 bits per heavy atom. The fraction of sp³-hybridized carbons (Fsp3) is 0.174. The maximum atomic E-state index is 13.0. The van der Waals surface area contributed by atoms with E-state index in [-0.39, 0.29) is 12.5 Å². The lowest BCUT2D eigenvalue weighted by Gasteiger charge is -2.07. The number of ether oxygens (including phenoxy) is 1. The monoisotopic (exact) mass is 436 g/mol. The minimum absolute atomic E-state index is 0.216. The number of nitrogens with zero attached hydrogens (tertiary/aromatic N) is 1. The molecule has 4 aromatic rings. The summed E-state index contributed by atoms with van der Waals surface area (Å²) < 4.78 is 6.27. The molecule has 152 valence electrons. The molecule has 0 radical (unpaired) electrons. The summed E-state index contributed by atoms with van der Waals surface area (Å²) in [5.41, 5.74) is 3.90. The summed E-state index contributed by atoms with van der Waals surface area (Å²) in [6.07, 6.45) is 0. The molecule has 5 nitrogen and oxygen atoms in total. The number of amides is 1. The van der Waals surface area contributed by atoms with Crippen LogP contribution < -0.4 is 5.32 Å². The highest BCUT2D eigenvalue weighted by atomic mass is 32.1. The maximum Gasteiger partial charge on any atom is 0.348 e. The molecule has 1 amide bonds. The van der Waals surface area contributed by atoms with Crippen molar-refractivity contribution in [1.29, 1.82) is 0 Å². The van der Waals surface area contributed by atoms with Crippen LogP contribution in [0.2, 0.25) is 0 Å². The van der Waals surface area contributed by atoms with Crippen LogP contribution in [0.4, 0.5) is 5.00 Å². The molecule has 0 fully saturated rings. The summed E-state index contributed by atoms with van der Waals surface area (Å²) in [5, 5.41) is 4.37. The molecule has 0 aliphatic rings. The summed E-state index contributed by atoms with van der Waals surface area (Å²) in [7, 11) is 0. The highest BCUT2D eigenvalue weighted by molar-refractivity contribution is 7.23. The van der Waals surface area contributed by atoms with E-state index in [1.807, 2.05) is 56.3 Å². The lowest BCUT2D eigenvalue weighted by Crippen LogP contribution is -2.12. The van der Waals surface area contributed by atoms with Gasteiger partial charge in [0.15, 0.2) is 0 Å². The largest absolute Gasteiger partial charge is 0.462 e. The Morgan fingerprint density at radius 2 is 1.77 bits per heavy atom. The van der Waals surface area contributed by atoms with Crippen molar-refractivity contribution >= 4 is 49.8 Å². The highest BCUT2D eigenvalue weighted by Gasteiger charge is 2.25. The molecule has 0 bridgehead atoms. The van der Waals surface area contributed by atoms with E-state index in [1.54, 1.807) is 13.0 Å². The Balaban J connectivity index is 1.82. The third-order valence-electron chi connectivity index (χ3n) is 4.73. The first kappa shape index (κ1) is 20.3. The van der Waals surface area contributed by atoms with Crippen molar-refractivity contribution in [2.45, 2.75) is 20.8 Å². The average Bonchev–Trinajstić information content (AvgIpc) is 3.29. The zero-order valence-corrected chi connectivity index (χ0v) is 18.4. The maximum absolute atomic E-state index is 13.0. The van der Waals surface area contributed by atoms with Gasteiger partial charge in [-0.25, -0.2) is 9.78 Å². The second-order valence-corrected chi connectivity index (χ2v) is 8.79. The van der Waals surface area contributed by atoms with Gasteiger partial charge in [-0.3, -0.25) is 4.79 Å². The second-order valence-electron chi connectivity index (χ2n) is 6.74. The molecule has 0 saturated heterocycles. The molecule has 0 aliphatic heterocycles. The number of thiazole rings is 1. The van der Waals surface area contributed by atoms with Crippen molar-refractivity contribution in [3.8, 4) is 10.6 Å². The summed E-state index contributed by atoms with van der Waals surface area (Å²) in [6.45, 7) is 5.83. The van der Waals surface area contributed by atoms with E-state index >= 15 is 0 Å². The molecule has 30 heavy (non-hydrogen) atoms. The van der Waals surface area contributed by atoms with E-state index in [0.717, 1.165) is 31.9 Å². The number of hydrogen-bond donors (Lipinski definition) is 1. The fourth-order valence-electron chi connectivity index (χ4n) is 3.23. The molecule has 2 heterocycles. The van der Waals surface area contributed by atoms with Gasteiger partial charge in [0, 0.05) is 11.1 Å². The van der Waals surface area contributed by atoms with E-state index in [9.17, 15) is 9.59 Å². The number of rotatable bonds is 5. The first-order chi connectivity index (χ1) is 14.5. The van der Waals surface area contributed by atoms with Crippen LogP contribution in [0.25, 0.3) is 20.8 Å². The lowest BCUT2D eigenvalue weighted by atomic mass is 10.1. The molecule has 2 aromatic heterocycles. The Bertz CT molecular complexity index is 1220. The van der Waals surface area contributed by atoms with Gasteiger partial charge in [-0.2, -0.15) is 0 Å². The molecule has 0 saturated carbocycles.